The molecule has 0 fully saturated rings. The molecule has 0 aromatic heterocycles. The van der Waals surface area contributed by atoms with E-state index in [0.29, 0.717) is 0 Å². The molecule has 0 aliphatic carbocycles. The van der Waals surface area contributed by atoms with Gasteiger partial charge in [0.2, 0.25) is 0 Å². The summed E-state index contributed by atoms with van der Waals surface area (Å²) in [5, 5.41) is 17.0. The molecule has 5 heteroatoms. The van der Waals surface area contributed by atoms with E-state index in [9.17, 15) is 9.59 Å². The summed E-state index contributed by atoms with van der Waals surface area (Å²) in [4.78, 5) is 20.9. The summed E-state index contributed by atoms with van der Waals surface area (Å²) in [5.74, 6) is -1.88. The van der Waals surface area contributed by atoms with Gasteiger partial charge in [0.1, 0.15) is 6.61 Å². The highest BCUT2D eigenvalue weighted by Crippen LogP contribution is 1.99. The lowest BCUT2D eigenvalue weighted by Crippen LogP contribution is -2.20. The van der Waals surface area contributed by atoms with Gasteiger partial charge in [0, 0.05) is 6.42 Å². The first-order chi connectivity index (χ1) is 6.07. The molecular formula is C8H12O5. The summed E-state index contributed by atoms with van der Waals surface area (Å²) >= 11 is 0. The van der Waals surface area contributed by atoms with E-state index in [1.807, 2.05) is 0 Å². The molecular weight excluding hydrogens is 176 g/mol. The van der Waals surface area contributed by atoms with Gasteiger partial charge in [-0.1, -0.05) is 12.7 Å². The van der Waals surface area contributed by atoms with Crippen molar-refractivity contribution in [1.29, 1.82) is 0 Å². The maximum absolute atomic E-state index is 10.8. The minimum absolute atomic E-state index is 0.0992. The number of carboxylic acid groups (broad SMARTS) is 1. The number of aliphatic carboxylic acids is 1. The molecule has 5 nitrogen and oxygen atoms in total. The zero-order valence-electron chi connectivity index (χ0n) is 7.10. The number of carbonyl (C=O) groups is 2. The molecule has 0 radical (unpaired) electrons. The fourth-order valence-corrected chi connectivity index (χ4v) is 0.602. The zero-order chi connectivity index (χ0) is 10.3. The normalized spacial score (nSPS) is 11.8. The molecule has 0 aromatic carbocycles. The first-order valence-electron chi connectivity index (χ1n) is 3.75. The van der Waals surface area contributed by atoms with Crippen molar-refractivity contribution in [1.82, 2.24) is 0 Å². The van der Waals surface area contributed by atoms with Gasteiger partial charge in [-0.25, -0.2) is 4.79 Å². The Bertz CT molecular complexity index is 199. The number of rotatable bonds is 6. The third-order valence-corrected chi connectivity index (χ3v) is 1.27. The van der Waals surface area contributed by atoms with Crippen molar-refractivity contribution < 1.29 is 24.5 Å². The average molecular weight is 188 g/mol. The van der Waals surface area contributed by atoms with Gasteiger partial charge in [0.05, 0.1) is 0 Å². The third-order valence-electron chi connectivity index (χ3n) is 1.27. The standard InChI is InChI=1S/C8H12O5/c1-2-5-13-7(10)4-3-6(9)8(11)12/h2,6,9H,1,3-5H2,(H,11,12)/t6-/m0/s1. The molecule has 0 saturated heterocycles. The third kappa shape index (κ3) is 5.86. The molecule has 74 valence electrons. The van der Waals surface area contributed by atoms with Crippen molar-refractivity contribution >= 4 is 11.9 Å². The molecule has 0 bridgehead atoms. The first kappa shape index (κ1) is 11.6. The molecule has 0 aromatic rings. The number of ether oxygens (including phenoxy) is 1. The highest BCUT2D eigenvalue weighted by atomic mass is 16.5. The van der Waals surface area contributed by atoms with E-state index < -0.39 is 18.0 Å². The fourth-order valence-electron chi connectivity index (χ4n) is 0.602. The van der Waals surface area contributed by atoms with Gasteiger partial charge in [-0.3, -0.25) is 4.79 Å². The van der Waals surface area contributed by atoms with Crippen LogP contribution < -0.4 is 0 Å². The smallest absolute Gasteiger partial charge is 0.332 e. The second kappa shape index (κ2) is 6.19. The lowest BCUT2D eigenvalue weighted by atomic mass is 10.2. The highest BCUT2D eigenvalue weighted by molar-refractivity contribution is 5.74. The van der Waals surface area contributed by atoms with Gasteiger partial charge in [0.15, 0.2) is 6.10 Å². The fraction of sp³-hybridized carbons (Fsp3) is 0.500. The SMILES string of the molecule is C=CCOC(=O)CC[C@H](O)C(=O)O. The van der Waals surface area contributed by atoms with Crippen molar-refractivity contribution in [3.63, 3.8) is 0 Å². The van der Waals surface area contributed by atoms with Crippen molar-refractivity contribution in [2.24, 2.45) is 0 Å². The van der Waals surface area contributed by atoms with E-state index in [-0.39, 0.29) is 19.4 Å². The molecule has 0 heterocycles. The summed E-state index contributed by atoms with van der Waals surface area (Å²) in [5.41, 5.74) is 0. The van der Waals surface area contributed by atoms with Crippen LogP contribution in [-0.4, -0.2) is 34.9 Å². The Kier molecular flexibility index (Phi) is 5.54. The van der Waals surface area contributed by atoms with Crippen molar-refractivity contribution in [2.75, 3.05) is 6.61 Å². The largest absolute Gasteiger partial charge is 0.479 e. The van der Waals surface area contributed by atoms with Crippen molar-refractivity contribution in [2.45, 2.75) is 18.9 Å². The highest BCUT2D eigenvalue weighted by Gasteiger charge is 2.14. The summed E-state index contributed by atoms with van der Waals surface area (Å²) in [6.07, 6.45) is -0.339. The number of carboxylic acids is 1. The number of esters is 1. The molecule has 0 rings (SSSR count). The molecule has 0 spiro atoms. The lowest BCUT2D eigenvalue weighted by molar-refractivity contribution is -0.148. The van der Waals surface area contributed by atoms with Crippen LogP contribution in [0.3, 0.4) is 0 Å². The Labute approximate surface area is 75.6 Å². The second-order valence-electron chi connectivity index (χ2n) is 2.36. The van der Waals surface area contributed by atoms with Gasteiger partial charge in [0.25, 0.3) is 0 Å². The molecule has 0 aliphatic heterocycles. The van der Waals surface area contributed by atoms with Gasteiger partial charge < -0.3 is 14.9 Å². The minimum atomic E-state index is -1.50. The van der Waals surface area contributed by atoms with E-state index >= 15 is 0 Å². The van der Waals surface area contributed by atoms with Gasteiger partial charge >= 0.3 is 11.9 Å². The van der Waals surface area contributed by atoms with Crippen molar-refractivity contribution in [3.05, 3.63) is 12.7 Å². The average Bonchev–Trinajstić information content (AvgIpc) is 2.10. The van der Waals surface area contributed by atoms with E-state index in [4.69, 9.17) is 10.2 Å². The van der Waals surface area contributed by atoms with E-state index in [2.05, 4.69) is 11.3 Å². The van der Waals surface area contributed by atoms with Crippen LogP contribution in [0, 0.1) is 0 Å². The predicted octanol–water partition coefficient (Wildman–Crippen LogP) is -0.0587. The van der Waals surface area contributed by atoms with Crippen LogP contribution >= 0.6 is 0 Å². The Morgan fingerprint density at radius 3 is 2.62 bits per heavy atom. The van der Waals surface area contributed by atoms with Crippen LogP contribution in [0.5, 0.6) is 0 Å². The number of hydrogen-bond donors (Lipinski definition) is 2. The summed E-state index contributed by atoms with van der Waals surface area (Å²) in [6, 6.07) is 0. The molecule has 0 amide bonds. The predicted molar refractivity (Wildman–Crippen MR) is 44.0 cm³/mol. The summed E-state index contributed by atoms with van der Waals surface area (Å²) in [6.45, 7) is 3.43. The first-order valence-corrected chi connectivity index (χ1v) is 3.75. The maximum atomic E-state index is 10.8. The van der Waals surface area contributed by atoms with Crippen LogP contribution in [0.1, 0.15) is 12.8 Å². The maximum Gasteiger partial charge on any atom is 0.332 e. The van der Waals surface area contributed by atoms with E-state index in [1.165, 1.54) is 6.08 Å². The Morgan fingerprint density at radius 1 is 1.54 bits per heavy atom. The number of hydrogen-bond acceptors (Lipinski definition) is 4. The van der Waals surface area contributed by atoms with Crippen LogP contribution in [0.4, 0.5) is 0 Å². The zero-order valence-corrected chi connectivity index (χ0v) is 7.10. The van der Waals surface area contributed by atoms with Gasteiger partial charge in [-0.05, 0) is 6.42 Å². The molecule has 0 aliphatic rings. The Balaban J connectivity index is 3.57. The Morgan fingerprint density at radius 2 is 2.15 bits per heavy atom. The van der Waals surface area contributed by atoms with Gasteiger partial charge in [-0.15, -0.1) is 0 Å². The molecule has 0 saturated carbocycles. The minimum Gasteiger partial charge on any atom is -0.479 e. The molecule has 0 unspecified atom stereocenters. The lowest BCUT2D eigenvalue weighted by Gasteiger charge is -2.04. The summed E-state index contributed by atoms with van der Waals surface area (Å²) < 4.78 is 4.56. The molecule has 2 N–H and O–H groups in total. The van der Waals surface area contributed by atoms with Crippen LogP contribution in [0.2, 0.25) is 0 Å². The topological polar surface area (TPSA) is 83.8 Å². The molecule has 13 heavy (non-hydrogen) atoms. The number of carbonyl (C=O) groups excluding carboxylic acids is 1. The van der Waals surface area contributed by atoms with E-state index in [1.54, 1.807) is 0 Å². The Hall–Kier alpha value is -1.36. The van der Waals surface area contributed by atoms with Crippen LogP contribution in [0.15, 0.2) is 12.7 Å². The monoisotopic (exact) mass is 188 g/mol. The number of aliphatic hydroxyl groups excluding tert-OH is 1. The van der Waals surface area contributed by atoms with Gasteiger partial charge in [-0.2, -0.15) is 0 Å². The second-order valence-corrected chi connectivity index (χ2v) is 2.36. The number of aliphatic hydroxyl groups is 1. The summed E-state index contributed by atoms with van der Waals surface area (Å²) in [7, 11) is 0. The molecule has 1 atom stereocenters. The quantitative estimate of drug-likeness (QED) is 0.450. The van der Waals surface area contributed by atoms with Crippen LogP contribution in [0.25, 0.3) is 0 Å². The van der Waals surface area contributed by atoms with Crippen LogP contribution in [-0.2, 0) is 14.3 Å². The van der Waals surface area contributed by atoms with E-state index in [0.717, 1.165) is 0 Å². The van der Waals surface area contributed by atoms with Crippen molar-refractivity contribution in [3.8, 4) is 0 Å².